The average molecular weight is 285 g/mol. The highest BCUT2D eigenvalue weighted by molar-refractivity contribution is 6.68. The van der Waals surface area contributed by atoms with E-state index < -0.39 is 8.56 Å². The number of hydrogen-bond donors (Lipinski definition) is 0. The number of hydrogen-bond acceptors (Lipinski definition) is 2. The first-order valence-corrected chi connectivity index (χ1v) is 10.7. The Morgan fingerprint density at radius 3 is 2.05 bits per heavy atom. The summed E-state index contributed by atoms with van der Waals surface area (Å²) in [5.41, 5.74) is 0.751. The Hall–Kier alpha value is 0.137. The van der Waals surface area contributed by atoms with Gasteiger partial charge in [0.15, 0.2) is 0 Å². The molecule has 0 aliphatic heterocycles. The maximum absolute atomic E-state index is 6.70. The van der Waals surface area contributed by atoms with Crippen molar-refractivity contribution < 1.29 is 8.85 Å². The summed E-state index contributed by atoms with van der Waals surface area (Å²) in [5.74, 6) is 0.723. The van der Waals surface area contributed by atoms with Gasteiger partial charge >= 0.3 is 8.56 Å². The molecule has 0 aromatic carbocycles. The topological polar surface area (TPSA) is 18.5 Å². The lowest BCUT2D eigenvalue weighted by Crippen LogP contribution is -2.49. The third kappa shape index (κ3) is 4.05. The van der Waals surface area contributed by atoms with E-state index in [0.29, 0.717) is 0 Å². The van der Waals surface area contributed by atoms with E-state index >= 15 is 0 Å². The standard InChI is InChI=1S/C16H32O2Si/c1-5-17-19(4,15-12-13-15)18-16(2,3)14-10-8-6-7-9-11-14/h14-15H,5-13H2,1-4H3. The Kier molecular flexibility index (Phi) is 5.13. The minimum absolute atomic E-state index is 0.00305. The number of rotatable bonds is 6. The summed E-state index contributed by atoms with van der Waals surface area (Å²) in [6.07, 6.45) is 10.9. The van der Waals surface area contributed by atoms with Gasteiger partial charge in [0.05, 0.1) is 5.60 Å². The van der Waals surface area contributed by atoms with Gasteiger partial charge in [0.1, 0.15) is 0 Å². The SMILES string of the molecule is CCO[Si](C)(OC(C)(C)C1CCCCCC1)C1CC1. The lowest BCUT2D eigenvalue weighted by Gasteiger charge is -2.41. The highest BCUT2D eigenvalue weighted by Gasteiger charge is 2.51. The first-order valence-electron chi connectivity index (χ1n) is 8.32. The molecule has 0 bridgehead atoms. The van der Waals surface area contributed by atoms with Gasteiger partial charge in [0.25, 0.3) is 0 Å². The van der Waals surface area contributed by atoms with E-state index in [1.54, 1.807) is 0 Å². The van der Waals surface area contributed by atoms with E-state index in [1.807, 2.05) is 0 Å². The van der Waals surface area contributed by atoms with Crippen LogP contribution in [0.5, 0.6) is 0 Å². The summed E-state index contributed by atoms with van der Waals surface area (Å²) in [5, 5.41) is 0. The van der Waals surface area contributed by atoms with Crippen molar-refractivity contribution in [2.24, 2.45) is 5.92 Å². The van der Waals surface area contributed by atoms with Crippen LogP contribution in [-0.4, -0.2) is 20.8 Å². The first-order chi connectivity index (χ1) is 8.98. The molecule has 19 heavy (non-hydrogen) atoms. The molecule has 1 atom stereocenters. The van der Waals surface area contributed by atoms with Gasteiger partial charge in [-0.3, -0.25) is 0 Å². The Morgan fingerprint density at radius 1 is 1.00 bits per heavy atom. The minimum Gasteiger partial charge on any atom is -0.394 e. The summed E-state index contributed by atoms with van der Waals surface area (Å²) in [6, 6.07) is 0. The lowest BCUT2D eigenvalue weighted by molar-refractivity contribution is -0.00283. The van der Waals surface area contributed by atoms with Gasteiger partial charge in [-0.15, -0.1) is 0 Å². The van der Waals surface area contributed by atoms with E-state index in [-0.39, 0.29) is 5.60 Å². The highest BCUT2D eigenvalue weighted by atomic mass is 28.4. The maximum Gasteiger partial charge on any atom is 0.338 e. The molecular weight excluding hydrogens is 252 g/mol. The van der Waals surface area contributed by atoms with Crippen LogP contribution >= 0.6 is 0 Å². The third-order valence-electron chi connectivity index (χ3n) is 5.05. The molecule has 0 heterocycles. The minimum atomic E-state index is -1.95. The lowest BCUT2D eigenvalue weighted by atomic mass is 9.85. The van der Waals surface area contributed by atoms with Gasteiger partial charge in [-0.1, -0.05) is 25.7 Å². The molecule has 2 saturated carbocycles. The van der Waals surface area contributed by atoms with Gasteiger partial charge < -0.3 is 8.85 Å². The van der Waals surface area contributed by atoms with Gasteiger partial charge in [-0.25, -0.2) is 0 Å². The largest absolute Gasteiger partial charge is 0.394 e. The molecular formula is C16H32O2Si. The molecule has 3 heteroatoms. The quantitative estimate of drug-likeness (QED) is 0.503. The van der Waals surface area contributed by atoms with Crippen LogP contribution in [0.1, 0.15) is 72.1 Å². The summed E-state index contributed by atoms with van der Waals surface area (Å²) in [4.78, 5) is 0. The predicted molar refractivity (Wildman–Crippen MR) is 82.6 cm³/mol. The van der Waals surface area contributed by atoms with Crippen LogP contribution in [0.25, 0.3) is 0 Å². The monoisotopic (exact) mass is 284 g/mol. The first kappa shape index (κ1) is 15.5. The molecule has 0 radical (unpaired) electrons. The van der Waals surface area contributed by atoms with Crippen molar-refractivity contribution in [1.29, 1.82) is 0 Å². The van der Waals surface area contributed by atoms with Crippen molar-refractivity contribution in [3.63, 3.8) is 0 Å². The maximum atomic E-state index is 6.70. The van der Waals surface area contributed by atoms with Crippen LogP contribution in [0.4, 0.5) is 0 Å². The van der Waals surface area contributed by atoms with Gasteiger partial charge in [-0.2, -0.15) is 0 Å². The smallest absolute Gasteiger partial charge is 0.338 e. The second-order valence-corrected chi connectivity index (χ2v) is 10.5. The normalized spacial score (nSPS) is 25.9. The fraction of sp³-hybridized carbons (Fsp3) is 1.00. The fourth-order valence-corrected chi connectivity index (χ4v) is 7.17. The highest BCUT2D eigenvalue weighted by Crippen LogP contribution is 2.49. The summed E-state index contributed by atoms with van der Waals surface area (Å²) in [6.45, 7) is 9.84. The molecule has 0 aromatic rings. The average Bonchev–Trinajstić information content (AvgIpc) is 3.16. The van der Waals surface area contributed by atoms with E-state index in [2.05, 4.69) is 27.3 Å². The molecule has 112 valence electrons. The molecule has 0 amide bonds. The zero-order chi connectivity index (χ0) is 13.9. The van der Waals surface area contributed by atoms with Crippen molar-refractivity contribution >= 4 is 8.56 Å². The van der Waals surface area contributed by atoms with Crippen LogP contribution in [0, 0.1) is 5.92 Å². The Morgan fingerprint density at radius 2 is 1.58 bits per heavy atom. The van der Waals surface area contributed by atoms with E-state index in [4.69, 9.17) is 8.85 Å². The van der Waals surface area contributed by atoms with E-state index in [1.165, 1.54) is 51.4 Å². The van der Waals surface area contributed by atoms with E-state index in [0.717, 1.165) is 18.1 Å². The molecule has 2 rings (SSSR count). The van der Waals surface area contributed by atoms with E-state index in [9.17, 15) is 0 Å². The molecule has 0 saturated heterocycles. The Labute approximate surface area is 120 Å². The van der Waals surface area contributed by atoms with Crippen molar-refractivity contribution in [2.45, 2.75) is 89.8 Å². The van der Waals surface area contributed by atoms with Crippen LogP contribution in [-0.2, 0) is 8.85 Å². The molecule has 0 spiro atoms. The predicted octanol–water partition coefficient (Wildman–Crippen LogP) is 5.02. The molecule has 2 fully saturated rings. The van der Waals surface area contributed by atoms with Crippen molar-refractivity contribution in [3.8, 4) is 0 Å². The van der Waals surface area contributed by atoms with Crippen molar-refractivity contribution in [2.75, 3.05) is 6.61 Å². The second kappa shape index (κ2) is 6.27. The molecule has 2 aliphatic rings. The van der Waals surface area contributed by atoms with Gasteiger partial charge in [0.2, 0.25) is 0 Å². The van der Waals surface area contributed by atoms with Crippen molar-refractivity contribution in [1.82, 2.24) is 0 Å². The van der Waals surface area contributed by atoms with Crippen LogP contribution in [0.2, 0.25) is 12.1 Å². The summed E-state index contributed by atoms with van der Waals surface area (Å²) in [7, 11) is -1.95. The molecule has 2 nitrogen and oxygen atoms in total. The zero-order valence-corrected chi connectivity index (χ0v) is 14.3. The summed E-state index contributed by atoms with van der Waals surface area (Å²) < 4.78 is 12.8. The molecule has 0 N–H and O–H groups in total. The molecule has 2 aliphatic carbocycles. The Balaban J connectivity index is 2.00. The summed E-state index contributed by atoms with van der Waals surface area (Å²) >= 11 is 0. The molecule has 1 unspecified atom stereocenters. The second-order valence-electron chi connectivity index (χ2n) is 7.12. The third-order valence-corrected chi connectivity index (χ3v) is 8.91. The van der Waals surface area contributed by atoms with Crippen LogP contribution in [0.15, 0.2) is 0 Å². The van der Waals surface area contributed by atoms with Crippen LogP contribution < -0.4 is 0 Å². The van der Waals surface area contributed by atoms with Gasteiger partial charge in [0, 0.05) is 12.1 Å². The zero-order valence-electron chi connectivity index (χ0n) is 13.3. The van der Waals surface area contributed by atoms with Crippen molar-refractivity contribution in [3.05, 3.63) is 0 Å². The fourth-order valence-electron chi connectivity index (χ4n) is 3.71. The van der Waals surface area contributed by atoms with Crippen LogP contribution in [0.3, 0.4) is 0 Å². The van der Waals surface area contributed by atoms with Gasteiger partial charge in [-0.05, 0) is 58.9 Å². The Bertz CT molecular complexity index is 280. The molecule has 0 aromatic heterocycles.